The lowest BCUT2D eigenvalue weighted by molar-refractivity contribution is -0.385. The maximum absolute atomic E-state index is 12.3. The van der Waals surface area contributed by atoms with Crippen LogP contribution in [0.15, 0.2) is 23.1 Å². The Morgan fingerprint density at radius 3 is 2.55 bits per heavy atom. The first-order valence-electron chi connectivity index (χ1n) is 6.57. The maximum atomic E-state index is 12.3. The average Bonchev–Trinajstić information content (AvgIpc) is 3.19. The van der Waals surface area contributed by atoms with Gasteiger partial charge < -0.3 is 5.32 Å². The van der Waals surface area contributed by atoms with Crippen molar-refractivity contribution in [3.8, 4) is 0 Å². The number of benzene rings is 1. The third-order valence-corrected chi connectivity index (χ3v) is 5.59. The average molecular weight is 298 g/mol. The fraction of sp³-hybridized carbons (Fsp3) is 0.538. The Morgan fingerprint density at radius 2 is 2.05 bits per heavy atom. The summed E-state index contributed by atoms with van der Waals surface area (Å²) in [7, 11) is -3.44. The van der Waals surface area contributed by atoms with E-state index in [1.54, 1.807) is 13.8 Å². The predicted molar refractivity (Wildman–Crippen MR) is 75.3 cm³/mol. The Labute approximate surface area is 118 Å². The molecule has 0 spiro atoms. The van der Waals surface area contributed by atoms with E-state index in [9.17, 15) is 18.5 Å². The van der Waals surface area contributed by atoms with Crippen LogP contribution in [0.5, 0.6) is 0 Å². The molecular weight excluding hydrogens is 280 g/mol. The van der Waals surface area contributed by atoms with Crippen LogP contribution in [0.25, 0.3) is 0 Å². The number of nitrogens with one attached hydrogen (secondary N) is 1. The lowest BCUT2D eigenvalue weighted by Crippen LogP contribution is -2.21. The molecule has 1 aliphatic rings. The minimum absolute atomic E-state index is 0.0831. The van der Waals surface area contributed by atoms with Gasteiger partial charge in [-0.25, -0.2) is 8.42 Å². The van der Waals surface area contributed by atoms with E-state index in [4.69, 9.17) is 0 Å². The van der Waals surface area contributed by atoms with Crippen LogP contribution in [0.3, 0.4) is 0 Å². The molecule has 0 radical (unpaired) electrons. The van der Waals surface area contributed by atoms with Gasteiger partial charge in [0.1, 0.15) is 0 Å². The molecule has 0 aliphatic heterocycles. The molecule has 0 saturated heterocycles. The summed E-state index contributed by atoms with van der Waals surface area (Å²) >= 11 is 0. The number of hydrogen-bond donors (Lipinski definition) is 1. The molecule has 20 heavy (non-hydrogen) atoms. The largest absolute Gasteiger partial charge is 0.310 e. The quantitative estimate of drug-likeness (QED) is 0.641. The Balaban J connectivity index is 2.40. The summed E-state index contributed by atoms with van der Waals surface area (Å²) in [5, 5.41) is 13.5. The molecule has 0 unspecified atom stereocenters. The van der Waals surface area contributed by atoms with E-state index in [2.05, 4.69) is 5.32 Å². The summed E-state index contributed by atoms with van der Waals surface area (Å²) in [5.41, 5.74) is 0.389. The highest BCUT2D eigenvalue weighted by atomic mass is 32.2. The summed E-state index contributed by atoms with van der Waals surface area (Å²) < 4.78 is 24.6. The van der Waals surface area contributed by atoms with Crippen LogP contribution in [0.4, 0.5) is 5.69 Å². The van der Waals surface area contributed by atoms with Gasteiger partial charge in [-0.2, -0.15) is 0 Å². The minimum atomic E-state index is -3.44. The molecule has 0 aromatic heterocycles. The van der Waals surface area contributed by atoms with E-state index in [-0.39, 0.29) is 10.6 Å². The molecule has 0 bridgehead atoms. The standard InChI is InChI=1S/C13H18N2O4S/c1-9(2)20(18,19)13-6-5-12(15(16)17)7-10(13)8-14-11-3-4-11/h5-7,9,11,14H,3-4,8H2,1-2H3. The highest BCUT2D eigenvalue weighted by Crippen LogP contribution is 2.26. The third-order valence-electron chi connectivity index (χ3n) is 3.34. The smallest absolute Gasteiger partial charge is 0.269 e. The highest BCUT2D eigenvalue weighted by Gasteiger charge is 2.26. The molecule has 2 rings (SSSR count). The third kappa shape index (κ3) is 3.16. The van der Waals surface area contributed by atoms with Gasteiger partial charge in [-0.15, -0.1) is 0 Å². The van der Waals surface area contributed by atoms with E-state index in [0.717, 1.165) is 12.8 Å². The molecule has 6 nitrogen and oxygen atoms in total. The van der Waals surface area contributed by atoms with E-state index in [1.165, 1.54) is 18.2 Å². The Bertz CT molecular complexity index is 621. The van der Waals surface area contributed by atoms with E-state index in [0.29, 0.717) is 18.2 Å². The van der Waals surface area contributed by atoms with Crippen LogP contribution < -0.4 is 5.32 Å². The first kappa shape index (κ1) is 14.9. The number of sulfone groups is 1. The topological polar surface area (TPSA) is 89.3 Å². The van der Waals surface area contributed by atoms with Gasteiger partial charge in [0, 0.05) is 24.7 Å². The van der Waals surface area contributed by atoms with Crippen molar-refractivity contribution >= 4 is 15.5 Å². The van der Waals surface area contributed by atoms with Gasteiger partial charge in [0.05, 0.1) is 15.1 Å². The fourth-order valence-corrected chi connectivity index (χ4v) is 3.15. The molecule has 1 N–H and O–H groups in total. The van der Waals surface area contributed by atoms with Crippen LogP contribution in [0.2, 0.25) is 0 Å². The lowest BCUT2D eigenvalue weighted by Gasteiger charge is -2.13. The van der Waals surface area contributed by atoms with Crippen molar-refractivity contribution in [2.24, 2.45) is 0 Å². The van der Waals surface area contributed by atoms with Crippen molar-refractivity contribution in [1.29, 1.82) is 0 Å². The summed E-state index contributed by atoms with van der Waals surface area (Å²) in [4.78, 5) is 10.5. The lowest BCUT2D eigenvalue weighted by atomic mass is 10.2. The van der Waals surface area contributed by atoms with Crippen LogP contribution in [0, 0.1) is 10.1 Å². The van der Waals surface area contributed by atoms with E-state index in [1.807, 2.05) is 0 Å². The maximum Gasteiger partial charge on any atom is 0.269 e. The molecule has 110 valence electrons. The number of rotatable bonds is 6. The number of nitro benzene ring substituents is 1. The van der Waals surface area contributed by atoms with Crippen molar-refractivity contribution < 1.29 is 13.3 Å². The van der Waals surface area contributed by atoms with Crippen molar-refractivity contribution in [3.05, 3.63) is 33.9 Å². The van der Waals surface area contributed by atoms with Gasteiger partial charge in [0.2, 0.25) is 0 Å². The number of non-ortho nitro benzene ring substituents is 1. The van der Waals surface area contributed by atoms with Crippen molar-refractivity contribution in [2.45, 2.75) is 49.4 Å². The van der Waals surface area contributed by atoms with Gasteiger partial charge >= 0.3 is 0 Å². The zero-order valence-corrected chi connectivity index (χ0v) is 12.3. The van der Waals surface area contributed by atoms with Gasteiger partial charge in [-0.3, -0.25) is 10.1 Å². The second kappa shape index (κ2) is 5.49. The SMILES string of the molecule is CC(C)S(=O)(=O)c1ccc([N+](=O)[O-])cc1CNC1CC1. The molecule has 0 amide bonds. The van der Waals surface area contributed by atoms with E-state index >= 15 is 0 Å². The zero-order valence-electron chi connectivity index (χ0n) is 11.5. The number of hydrogen-bond acceptors (Lipinski definition) is 5. The van der Waals surface area contributed by atoms with Gasteiger partial charge in [-0.1, -0.05) is 0 Å². The van der Waals surface area contributed by atoms with Crippen LogP contribution in [-0.4, -0.2) is 24.6 Å². The zero-order chi connectivity index (χ0) is 14.9. The minimum Gasteiger partial charge on any atom is -0.310 e. The number of nitrogens with zero attached hydrogens (tertiary/aromatic N) is 1. The van der Waals surface area contributed by atoms with E-state index < -0.39 is 20.0 Å². The Hall–Kier alpha value is -1.47. The van der Waals surface area contributed by atoms with Crippen molar-refractivity contribution in [2.75, 3.05) is 0 Å². The first-order chi connectivity index (χ1) is 9.32. The number of nitro groups is 1. The second-order valence-corrected chi connectivity index (χ2v) is 7.77. The van der Waals surface area contributed by atoms with Crippen molar-refractivity contribution in [3.63, 3.8) is 0 Å². The van der Waals surface area contributed by atoms with Gasteiger partial charge in [0.25, 0.3) is 5.69 Å². The van der Waals surface area contributed by atoms with Crippen LogP contribution >= 0.6 is 0 Å². The molecule has 1 fully saturated rings. The van der Waals surface area contributed by atoms with Crippen LogP contribution in [0.1, 0.15) is 32.3 Å². The van der Waals surface area contributed by atoms with Crippen LogP contribution in [-0.2, 0) is 16.4 Å². The summed E-state index contributed by atoms with van der Waals surface area (Å²) in [6, 6.07) is 4.35. The Morgan fingerprint density at radius 1 is 1.40 bits per heavy atom. The molecule has 1 aliphatic carbocycles. The highest BCUT2D eigenvalue weighted by molar-refractivity contribution is 7.92. The van der Waals surface area contributed by atoms with Gasteiger partial charge in [-0.05, 0) is 38.3 Å². The van der Waals surface area contributed by atoms with Gasteiger partial charge in [0.15, 0.2) is 9.84 Å². The Kier molecular flexibility index (Phi) is 4.10. The second-order valence-electron chi connectivity index (χ2n) is 5.30. The molecule has 1 aromatic rings. The molecular formula is C13H18N2O4S. The van der Waals surface area contributed by atoms with Crippen molar-refractivity contribution in [1.82, 2.24) is 5.32 Å². The normalized spacial score (nSPS) is 15.6. The summed E-state index contributed by atoms with van der Waals surface area (Å²) in [6.07, 6.45) is 2.14. The summed E-state index contributed by atoms with van der Waals surface area (Å²) in [5.74, 6) is 0. The first-order valence-corrected chi connectivity index (χ1v) is 8.11. The molecule has 1 saturated carbocycles. The molecule has 0 heterocycles. The predicted octanol–water partition coefficient (Wildman–Crippen LogP) is 2.03. The molecule has 1 aromatic carbocycles. The molecule has 7 heteroatoms. The summed E-state index contributed by atoms with van der Waals surface area (Å²) in [6.45, 7) is 3.55. The monoisotopic (exact) mass is 298 g/mol. The fourth-order valence-electron chi connectivity index (χ4n) is 1.89. The molecule has 0 atom stereocenters.